The first kappa shape index (κ1) is 18.4. The second kappa shape index (κ2) is 8.35. The number of nitrogens with one attached hydrogen (secondary N) is 2. The Hall–Kier alpha value is -2.35. The van der Waals surface area contributed by atoms with Crippen LogP contribution < -0.4 is 15.4 Å². The van der Waals surface area contributed by atoms with Gasteiger partial charge in [0.2, 0.25) is 0 Å². The summed E-state index contributed by atoms with van der Waals surface area (Å²) in [7, 11) is 1.47. The van der Waals surface area contributed by atoms with Crippen LogP contribution in [-0.4, -0.2) is 18.9 Å². The van der Waals surface area contributed by atoms with Crippen LogP contribution in [0.15, 0.2) is 46.5 Å². The van der Waals surface area contributed by atoms with Gasteiger partial charge < -0.3 is 15.4 Å². The summed E-state index contributed by atoms with van der Waals surface area (Å²) in [6.45, 7) is 0.285. The third-order valence-corrected chi connectivity index (χ3v) is 5.40. The normalized spacial score (nSPS) is 10.4. The molecule has 0 aliphatic rings. The lowest BCUT2D eigenvalue weighted by molar-refractivity contribution is -0.136. The van der Waals surface area contributed by atoms with Gasteiger partial charge in [0.25, 0.3) is 0 Å². The van der Waals surface area contributed by atoms with Crippen LogP contribution in [-0.2, 0) is 16.1 Å². The minimum atomic E-state index is -0.778. The number of carbonyl (C=O) groups is 2. The summed E-state index contributed by atoms with van der Waals surface area (Å²) in [5, 5.41) is 11.7. The van der Waals surface area contributed by atoms with E-state index in [4.69, 9.17) is 16.3 Å². The van der Waals surface area contributed by atoms with E-state index in [0.29, 0.717) is 16.5 Å². The number of halogens is 1. The monoisotopic (exact) mass is 406 g/mol. The highest BCUT2D eigenvalue weighted by Crippen LogP contribution is 2.28. The van der Waals surface area contributed by atoms with E-state index in [-0.39, 0.29) is 6.54 Å². The number of ether oxygens (including phenoxy) is 1. The Morgan fingerprint density at radius 2 is 1.96 bits per heavy atom. The quantitative estimate of drug-likeness (QED) is 0.617. The van der Waals surface area contributed by atoms with Crippen molar-refractivity contribution in [1.29, 1.82) is 0 Å². The maximum absolute atomic E-state index is 12.1. The van der Waals surface area contributed by atoms with E-state index in [1.54, 1.807) is 23.5 Å². The van der Waals surface area contributed by atoms with Gasteiger partial charge in [-0.15, -0.1) is 11.3 Å². The first-order chi connectivity index (χ1) is 12.6. The Morgan fingerprint density at radius 1 is 1.12 bits per heavy atom. The molecule has 0 aliphatic carbocycles. The Bertz CT molecular complexity index is 922. The number of amides is 2. The molecule has 2 N–H and O–H groups in total. The lowest BCUT2D eigenvalue weighted by Gasteiger charge is -2.10. The molecule has 0 saturated carbocycles. The average Bonchev–Trinajstić information content (AvgIpc) is 3.31. The van der Waals surface area contributed by atoms with Gasteiger partial charge in [0, 0.05) is 9.90 Å². The van der Waals surface area contributed by atoms with Crippen LogP contribution in [0, 0.1) is 0 Å². The summed E-state index contributed by atoms with van der Waals surface area (Å²) in [6, 6.07) is 8.83. The molecule has 0 radical (unpaired) electrons. The van der Waals surface area contributed by atoms with E-state index >= 15 is 0 Å². The minimum Gasteiger partial charge on any atom is -0.495 e. The topological polar surface area (TPSA) is 67.4 Å². The molecule has 5 nitrogen and oxygen atoms in total. The number of hydrogen-bond acceptors (Lipinski definition) is 5. The van der Waals surface area contributed by atoms with E-state index < -0.39 is 11.8 Å². The van der Waals surface area contributed by atoms with E-state index in [1.165, 1.54) is 24.5 Å². The van der Waals surface area contributed by atoms with E-state index in [0.717, 1.165) is 16.0 Å². The first-order valence-corrected chi connectivity index (χ1v) is 9.79. The van der Waals surface area contributed by atoms with E-state index in [2.05, 4.69) is 16.0 Å². The highest BCUT2D eigenvalue weighted by atomic mass is 35.5. The molecule has 0 unspecified atom stereocenters. The second-order valence-corrected chi connectivity index (χ2v) is 7.51. The van der Waals surface area contributed by atoms with Gasteiger partial charge in [0.15, 0.2) is 0 Å². The summed E-state index contributed by atoms with van der Waals surface area (Å²) >= 11 is 9.08. The third-order valence-electron chi connectivity index (χ3n) is 3.55. The summed E-state index contributed by atoms with van der Waals surface area (Å²) < 4.78 is 5.15. The number of carbonyl (C=O) groups excluding carboxylic acids is 2. The first-order valence-electron chi connectivity index (χ1n) is 7.59. The van der Waals surface area contributed by atoms with Crippen molar-refractivity contribution in [3.63, 3.8) is 0 Å². The highest BCUT2D eigenvalue weighted by Gasteiger charge is 2.16. The van der Waals surface area contributed by atoms with Crippen LogP contribution in [0.25, 0.3) is 11.1 Å². The molecule has 0 atom stereocenters. The van der Waals surface area contributed by atoms with Gasteiger partial charge in [0.1, 0.15) is 5.75 Å². The van der Waals surface area contributed by atoms with Gasteiger partial charge in [-0.25, -0.2) is 0 Å². The number of benzene rings is 1. The maximum Gasteiger partial charge on any atom is 0.313 e. The minimum absolute atomic E-state index is 0.285. The van der Waals surface area contributed by atoms with Crippen LogP contribution in [0.4, 0.5) is 5.69 Å². The van der Waals surface area contributed by atoms with Crippen molar-refractivity contribution in [2.24, 2.45) is 0 Å². The number of hydrogen-bond donors (Lipinski definition) is 2. The van der Waals surface area contributed by atoms with Crippen molar-refractivity contribution < 1.29 is 14.3 Å². The molecule has 2 amide bonds. The predicted octanol–water partition coefficient (Wildman–Crippen LogP) is 4.39. The Morgan fingerprint density at radius 3 is 2.69 bits per heavy atom. The molecular weight excluding hydrogens is 392 g/mol. The molecule has 26 heavy (non-hydrogen) atoms. The molecule has 2 heterocycles. The predicted molar refractivity (Wildman–Crippen MR) is 106 cm³/mol. The molecule has 0 fully saturated rings. The van der Waals surface area contributed by atoms with Gasteiger partial charge in [-0.1, -0.05) is 11.6 Å². The number of methoxy groups -OCH3 is 1. The second-order valence-electron chi connectivity index (χ2n) is 5.30. The van der Waals surface area contributed by atoms with E-state index in [9.17, 15) is 9.59 Å². The fourth-order valence-corrected chi connectivity index (χ4v) is 3.93. The van der Waals surface area contributed by atoms with Crippen LogP contribution >= 0.6 is 34.3 Å². The standard InChI is InChI=1S/C18H15ClN2O3S2/c1-24-16-3-2-13(19)7-15(16)21-18(23)17(22)20-8-14-6-12(10-26-14)11-4-5-25-9-11/h2-7,9-10H,8H2,1H3,(H,20,22)(H,21,23). The molecule has 0 bridgehead atoms. The van der Waals surface area contributed by atoms with Crippen molar-refractivity contribution in [3.05, 3.63) is 56.4 Å². The molecule has 1 aromatic carbocycles. The summed E-state index contributed by atoms with van der Waals surface area (Å²) in [4.78, 5) is 25.1. The lowest BCUT2D eigenvalue weighted by atomic mass is 10.2. The third kappa shape index (κ3) is 4.43. The molecule has 2 aromatic heterocycles. The fourth-order valence-electron chi connectivity index (χ4n) is 2.26. The lowest BCUT2D eigenvalue weighted by Crippen LogP contribution is -2.34. The molecule has 0 spiro atoms. The van der Waals surface area contributed by atoms with Crippen molar-refractivity contribution >= 4 is 51.8 Å². The Balaban J connectivity index is 1.58. The van der Waals surface area contributed by atoms with Gasteiger partial charge in [0.05, 0.1) is 19.3 Å². The largest absolute Gasteiger partial charge is 0.495 e. The van der Waals surface area contributed by atoms with Gasteiger partial charge >= 0.3 is 11.8 Å². The number of anilines is 1. The van der Waals surface area contributed by atoms with Gasteiger partial charge in [-0.05, 0) is 57.6 Å². The Kier molecular flexibility index (Phi) is 5.92. The smallest absolute Gasteiger partial charge is 0.313 e. The molecular formula is C18H15ClN2O3S2. The van der Waals surface area contributed by atoms with Crippen LogP contribution in [0.3, 0.4) is 0 Å². The molecule has 3 rings (SSSR count). The SMILES string of the molecule is COc1ccc(Cl)cc1NC(=O)C(=O)NCc1cc(-c2ccsc2)cs1. The highest BCUT2D eigenvalue weighted by molar-refractivity contribution is 7.10. The van der Waals surface area contributed by atoms with Crippen molar-refractivity contribution in [1.82, 2.24) is 5.32 Å². The van der Waals surface area contributed by atoms with Crippen LogP contribution in [0.1, 0.15) is 4.88 Å². The Labute approximate surface area is 163 Å². The molecule has 0 saturated heterocycles. The zero-order valence-corrected chi connectivity index (χ0v) is 16.1. The van der Waals surface area contributed by atoms with Gasteiger partial charge in [-0.2, -0.15) is 11.3 Å². The van der Waals surface area contributed by atoms with Gasteiger partial charge in [-0.3, -0.25) is 9.59 Å². The summed E-state index contributed by atoms with van der Waals surface area (Å²) in [5.74, 6) is -1.08. The zero-order chi connectivity index (χ0) is 18.5. The fraction of sp³-hybridized carbons (Fsp3) is 0.111. The van der Waals surface area contributed by atoms with E-state index in [1.807, 2.05) is 22.9 Å². The summed E-state index contributed by atoms with van der Waals surface area (Å²) in [6.07, 6.45) is 0. The molecule has 8 heteroatoms. The molecule has 0 aliphatic heterocycles. The molecule has 134 valence electrons. The number of thiophene rings is 2. The van der Waals surface area contributed by atoms with Crippen molar-refractivity contribution in [2.75, 3.05) is 12.4 Å². The zero-order valence-electron chi connectivity index (χ0n) is 13.7. The number of rotatable bonds is 5. The van der Waals surface area contributed by atoms with Crippen molar-refractivity contribution in [2.45, 2.75) is 6.54 Å². The summed E-state index contributed by atoms with van der Waals surface area (Å²) in [5.41, 5.74) is 2.60. The average molecular weight is 407 g/mol. The van der Waals surface area contributed by atoms with Crippen LogP contribution in [0.5, 0.6) is 5.75 Å². The van der Waals surface area contributed by atoms with Crippen molar-refractivity contribution in [3.8, 4) is 16.9 Å². The maximum atomic E-state index is 12.1. The molecule has 3 aromatic rings. The van der Waals surface area contributed by atoms with Crippen LogP contribution in [0.2, 0.25) is 5.02 Å².